The quantitative estimate of drug-likeness (QED) is 0.372. The van der Waals surface area contributed by atoms with Crippen molar-refractivity contribution in [2.75, 3.05) is 6.54 Å². The van der Waals surface area contributed by atoms with Gasteiger partial charge < -0.3 is 26.0 Å². The van der Waals surface area contributed by atoms with E-state index in [2.05, 4.69) is 0 Å². The summed E-state index contributed by atoms with van der Waals surface area (Å²) in [4.78, 5) is 37.4. The number of aliphatic carboxylic acids is 1. The van der Waals surface area contributed by atoms with Gasteiger partial charge in [0.05, 0.1) is 5.92 Å². The molecule has 0 aliphatic heterocycles. The number of esters is 2. The Hall–Kier alpha value is -3.23. The summed E-state index contributed by atoms with van der Waals surface area (Å²) in [5.41, 5.74) is 10.3. The van der Waals surface area contributed by atoms with Crippen LogP contribution in [-0.4, -0.2) is 35.1 Å². The first-order valence-electron chi connectivity index (χ1n) is 9.53. The van der Waals surface area contributed by atoms with Crippen molar-refractivity contribution in [3.63, 3.8) is 0 Å². The van der Waals surface area contributed by atoms with Crippen LogP contribution in [0.4, 0.5) is 0 Å². The molecule has 8 heteroatoms. The zero-order chi connectivity index (χ0) is 22.0. The van der Waals surface area contributed by atoms with Gasteiger partial charge in [0.2, 0.25) is 5.54 Å². The molecule has 0 bridgehead atoms. The standard InChI is InChI=1S/C22H26N2O6/c23-13-7-12-18(19(25)29-14-16-8-3-1-4-9-16)22(24,20(26)27)21(28)30-15-17-10-5-2-6-11-17/h1-6,8-11,18H,7,12-15,23-24H2,(H,26,27)/t18?,22-/m0/s1. The molecule has 0 aromatic heterocycles. The summed E-state index contributed by atoms with van der Waals surface area (Å²) in [6, 6.07) is 17.6. The van der Waals surface area contributed by atoms with E-state index in [-0.39, 0.29) is 32.6 Å². The van der Waals surface area contributed by atoms with E-state index in [4.69, 9.17) is 20.9 Å². The van der Waals surface area contributed by atoms with E-state index in [0.717, 1.165) is 0 Å². The van der Waals surface area contributed by atoms with Crippen LogP contribution in [0.25, 0.3) is 0 Å². The van der Waals surface area contributed by atoms with Gasteiger partial charge in [-0.2, -0.15) is 0 Å². The van der Waals surface area contributed by atoms with Crippen LogP contribution >= 0.6 is 0 Å². The summed E-state index contributed by atoms with van der Waals surface area (Å²) in [5, 5.41) is 9.74. The summed E-state index contributed by atoms with van der Waals surface area (Å²) < 4.78 is 10.4. The number of carboxylic acids is 1. The molecule has 0 spiro atoms. The SMILES string of the molecule is NCCCC(C(=O)OCc1ccccc1)[C@](N)(C(=O)O)C(=O)OCc1ccccc1. The van der Waals surface area contributed by atoms with Crippen molar-refractivity contribution in [2.24, 2.45) is 17.4 Å². The molecule has 2 rings (SSSR count). The second-order valence-electron chi connectivity index (χ2n) is 6.81. The summed E-state index contributed by atoms with van der Waals surface area (Å²) in [5.74, 6) is -5.23. The Labute approximate surface area is 174 Å². The average Bonchev–Trinajstić information content (AvgIpc) is 2.77. The lowest BCUT2D eigenvalue weighted by atomic mass is 9.81. The highest BCUT2D eigenvalue weighted by atomic mass is 16.5. The van der Waals surface area contributed by atoms with Gasteiger partial charge in [-0.3, -0.25) is 4.79 Å². The van der Waals surface area contributed by atoms with Crippen molar-refractivity contribution in [2.45, 2.75) is 31.6 Å². The van der Waals surface area contributed by atoms with Crippen LogP contribution in [0.15, 0.2) is 60.7 Å². The van der Waals surface area contributed by atoms with Crippen molar-refractivity contribution >= 4 is 17.9 Å². The van der Waals surface area contributed by atoms with E-state index in [9.17, 15) is 19.5 Å². The molecule has 0 fully saturated rings. The number of hydrogen-bond acceptors (Lipinski definition) is 7. The van der Waals surface area contributed by atoms with E-state index >= 15 is 0 Å². The number of benzene rings is 2. The summed E-state index contributed by atoms with van der Waals surface area (Å²) in [7, 11) is 0. The lowest BCUT2D eigenvalue weighted by molar-refractivity contribution is -0.173. The van der Waals surface area contributed by atoms with Crippen LogP contribution in [0.2, 0.25) is 0 Å². The van der Waals surface area contributed by atoms with Crippen LogP contribution in [0.5, 0.6) is 0 Å². The minimum atomic E-state index is -2.60. The van der Waals surface area contributed by atoms with Gasteiger partial charge in [0.15, 0.2) is 0 Å². The summed E-state index contributed by atoms with van der Waals surface area (Å²) in [6.45, 7) is -0.0562. The Bertz CT molecular complexity index is 843. The highest BCUT2D eigenvalue weighted by Crippen LogP contribution is 2.25. The molecule has 30 heavy (non-hydrogen) atoms. The predicted octanol–water partition coefficient (Wildman–Crippen LogP) is 1.61. The lowest BCUT2D eigenvalue weighted by Gasteiger charge is -2.30. The maximum Gasteiger partial charge on any atom is 0.339 e. The van der Waals surface area contributed by atoms with E-state index in [1.54, 1.807) is 54.6 Å². The fraction of sp³-hybridized carbons (Fsp3) is 0.318. The molecule has 0 heterocycles. The number of carbonyl (C=O) groups excluding carboxylic acids is 2. The number of ether oxygens (including phenoxy) is 2. The van der Waals surface area contributed by atoms with Gasteiger partial charge in [-0.15, -0.1) is 0 Å². The number of hydrogen-bond donors (Lipinski definition) is 3. The third-order valence-corrected chi connectivity index (χ3v) is 4.66. The third-order valence-electron chi connectivity index (χ3n) is 4.66. The van der Waals surface area contributed by atoms with Crippen molar-refractivity contribution in [3.8, 4) is 0 Å². The Kier molecular flexibility index (Phi) is 8.52. The Morgan fingerprint density at radius 3 is 1.87 bits per heavy atom. The Morgan fingerprint density at radius 1 is 0.900 bits per heavy atom. The molecular formula is C22H26N2O6. The molecule has 8 nitrogen and oxygen atoms in total. The molecule has 0 radical (unpaired) electrons. The van der Waals surface area contributed by atoms with Crippen LogP contribution in [0.3, 0.4) is 0 Å². The Morgan fingerprint density at radius 2 is 1.40 bits per heavy atom. The number of nitrogens with two attached hydrogens (primary N) is 2. The molecule has 1 unspecified atom stereocenters. The maximum absolute atomic E-state index is 12.7. The first-order chi connectivity index (χ1) is 14.4. The highest BCUT2D eigenvalue weighted by molar-refractivity contribution is 6.07. The van der Waals surface area contributed by atoms with E-state index in [1.807, 2.05) is 6.07 Å². The fourth-order valence-corrected chi connectivity index (χ4v) is 2.90. The van der Waals surface area contributed by atoms with Gasteiger partial charge in [-0.05, 0) is 30.5 Å². The van der Waals surface area contributed by atoms with Crippen molar-refractivity contribution in [3.05, 3.63) is 71.8 Å². The van der Waals surface area contributed by atoms with Crippen LogP contribution < -0.4 is 11.5 Å². The average molecular weight is 414 g/mol. The van der Waals surface area contributed by atoms with Gasteiger partial charge in [-0.1, -0.05) is 60.7 Å². The second-order valence-corrected chi connectivity index (χ2v) is 6.81. The van der Waals surface area contributed by atoms with Crippen molar-refractivity contribution in [1.82, 2.24) is 0 Å². The fourth-order valence-electron chi connectivity index (χ4n) is 2.90. The van der Waals surface area contributed by atoms with E-state index < -0.39 is 29.4 Å². The smallest absolute Gasteiger partial charge is 0.339 e. The molecule has 0 amide bonds. The largest absolute Gasteiger partial charge is 0.479 e. The molecular weight excluding hydrogens is 388 g/mol. The molecule has 2 aromatic carbocycles. The zero-order valence-corrected chi connectivity index (χ0v) is 16.5. The first kappa shape index (κ1) is 23.1. The molecule has 0 aliphatic rings. The van der Waals surface area contributed by atoms with Gasteiger partial charge in [0.25, 0.3) is 0 Å². The second kappa shape index (κ2) is 11.1. The number of carboxylic acid groups (broad SMARTS) is 1. The molecule has 0 aliphatic carbocycles. The summed E-state index contributed by atoms with van der Waals surface area (Å²) in [6.07, 6.45) is 0.247. The maximum atomic E-state index is 12.7. The van der Waals surface area contributed by atoms with Crippen LogP contribution in [0.1, 0.15) is 24.0 Å². The Balaban J connectivity index is 2.18. The number of carbonyl (C=O) groups is 3. The number of rotatable bonds is 11. The highest BCUT2D eigenvalue weighted by Gasteiger charge is 2.54. The van der Waals surface area contributed by atoms with Gasteiger partial charge >= 0.3 is 17.9 Å². The molecule has 160 valence electrons. The molecule has 2 aromatic rings. The molecule has 0 saturated carbocycles. The lowest BCUT2D eigenvalue weighted by Crippen LogP contribution is -2.63. The van der Waals surface area contributed by atoms with Crippen molar-refractivity contribution < 1.29 is 29.0 Å². The predicted molar refractivity (Wildman–Crippen MR) is 109 cm³/mol. The van der Waals surface area contributed by atoms with Crippen LogP contribution in [0, 0.1) is 5.92 Å². The summed E-state index contributed by atoms with van der Waals surface area (Å²) >= 11 is 0. The van der Waals surface area contributed by atoms with Gasteiger partial charge in [-0.25, -0.2) is 9.59 Å². The minimum Gasteiger partial charge on any atom is -0.479 e. The third kappa shape index (κ3) is 5.88. The molecule has 2 atom stereocenters. The van der Waals surface area contributed by atoms with Crippen LogP contribution in [-0.2, 0) is 37.1 Å². The monoisotopic (exact) mass is 414 g/mol. The molecule has 5 N–H and O–H groups in total. The van der Waals surface area contributed by atoms with Gasteiger partial charge in [0, 0.05) is 0 Å². The van der Waals surface area contributed by atoms with E-state index in [0.29, 0.717) is 11.1 Å². The minimum absolute atomic E-state index is 0.0344. The molecule has 0 saturated heterocycles. The zero-order valence-electron chi connectivity index (χ0n) is 16.5. The van der Waals surface area contributed by atoms with Crippen molar-refractivity contribution in [1.29, 1.82) is 0 Å². The normalized spacial score (nSPS) is 13.7. The van der Waals surface area contributed by atoms with Gasteiger partial charge in [0.1, 0.15) is 13.2 Å². The first-order valence-corrected chi connectivity index (χ1v) is 9.53. The van der Waals surface area contributed by atoms with E-state index in [1.165, 1.54) is 0 Å². The topological polar surface area (TPSA) is 142 Å².